The zero-order valence-corrected chi connectivity index (χ0v) is 16.9. The third-order valence-corrected chi connectivity index (χ3v) is 4.86. The summed E-state index contributed by atoms with van der Waals surface area (Å²) in [5.74, 6) is 1.99. The highest BCUT2D eigenvalue weighted by Crippen LogP contribution is 2.18. The molecule has 0 bridgehead atoms. The van der Waals surface area contributed by atoms with Gasteiger partial charge in [0.1, 0.15) is 0 Å². The van der Waals surface area contributed by atoms with E-state index in [1.807, 2.05) is 24.0 Å². The minimum Gasteiger partial charge on any atom is -0.356 e. The molecule has 9 heteroatoms. The number of amides is 1. The standard InChI is InChI=1S/C19H25ClN6O2/c1-3-17(27)26-11-9-15(12-26)23-19(21-2)22-10-8-16-24-18(25-28-16)13-4-6-14(20)7-5-13/h4-7,15H,3,8-12H2,1-2H3,(H2,21,22,23). The number of aromatic nitrogens is 2. The molecule has 1 aromatic carbocycles. The van der Waals surface area contributed by atoms with E-state index in [1.165, 1.54) is 0 Å². The van der Waals surface area contributed by atoms with E-state index in [0.717, 1.165) is 18.5 Å². The van der Waals surface area contributed by atoms with E-state index in [0.29, 0.717) is 48.6 Å². The molecule has 8 nitrogen and oxygen atoms in total. The van der Waals surface area contributed by atoms with Crippen LogP contribution in [0.3, 0.4) is 0 Å². The van der Waals surface area contributed by atoms with Crippen molar-refractivity contribution in [3.05, 3.63) is 35.2 Å². The molecule has 1 aromatic heterocycles. The van der Waals surface area contributed by atoms with Gasteiger partial charge >= 0.3 is 0 Å². The Morgan fingerprint density at radius 3 is 2.89 bits per heavy atom. The Balaban J connectivity index is 1.45. The molecule has 1 aliphatic rings. The number of guanidine groups is 1. The maximum Gasteiger partial charge on any atom is 0.228 e. The third kappa shape index (κ3) is 5.22. The van der Waals surface area contributed by atoms with Crippen molar-refractivity contribution in [2.45, 2.75) is 32.2 Å². The fraction of sp³-hybridized carbons (Fsp3) is 0.474. The summed E-state index contributed by atoms with van der Waals surface area (Å²) in [5.41, 5.74) is 0.859. The van der Waals surface area contributed by atoms with Gasteiger partial charge in [-0.2, -0.15) is 4.98 Å². The van der Waals surface area contributed by atoms with Gasteiger partial charge in [0.25, 0.3) is 0 Å². The first-order valence-corrected chi connectivity index (χ1v) is 9.80. The number of benzene rings is 1. The number of hydrogen-bond donors (Lipinski definition) is 2. The van der Waals surface area contributed by atoms with Crippen LogP contribution in [0.2, 0.25) is 5.02 Å². The van der Waals surface area contributed by atoms with Crippen molar-refractivity contribution in [3.63, 3.8) is 0 Å². The van der Waals surface area contributed by atoms with Gasteiger partial charge in [-0.15, -0.1) is 0 Å². The minimum atomic E-state index is 0.195. The summed E-state index contributed by atoms with van der Waals surface area (Å²) in [5, 5.41) is 11.3. The number of halogens is 1. The van der Waals surface area contributed by atoms with E-state index >= 15 is 0 Å². The van der Waals surface area contributed by atoms with Crippen molar-refractivity contribution >= 4 is 23.5 Å². The number of nitrogens with zero attached hydrogens (tertiary/aromatic N) is 4. The molecule has 0 aliphatic carbocycles. The van der Waals surface area contributed by atoms with Gasteiger partial charge in [0.05, 0.1) is 0 Å². The lowest BCUT2D eigenvalue weighted by molar-refractivity contribution is -0.129. The smallest absolute Gasteiger partial charge is 0.228 e. The van der Waals surface area contributed by atoms with Gasteiger partial charge < -0.3 is 20.1 Å². The quantitative estimate of drug-likeness (QED) is 0.565. The molecule has 2 aromatic rings. The Bertz CT molecular complexity index is 820. The lowest BCUT2D eigenvalue weighted by atomic mass is 10.2. The van der Waals surface area contributed by atoms with Crippen LogP contribution >= 0.6 is 11.6 Å². The molecule has 0 radical (unpaired) electrons. The lowest BCUT2D eigenvalue weighted by Gasteiger charge is -2.18. The summed E-state index contributed by atoms with van der Waals surface area (Å²) in [4.78, 5) is 22.3. The van der Waals surface area contributed by atoms with Gasteiger partial charge in [0.15, 0.2) is 5.96 Å². The van der Waals surface area contributed by atoms with Crippen LogP contribution < -0.4 is 10.6 Å². The van der Waals surface area contributed by atoms with Crippen molar-refractivity contribution in [1.29, 1.82) is 0 Å². The monoisotopic (exact) mass is 404 g/mol. The normalized spacial score (nSPS) is 17.0. The van der Waals surface area contributed by atoms with Gasteiger partial charge in [0, 0.05) is 56.2 Å². The number of carbonyl (C=O) groups excluding carboxylic acids is 1. The van der Waals surface area contributed by atoms with E-state index in [-0.39, 0.29) is 11.9 Å². The fourth-order valence-electron chi connectivity index (χ4n) is 3.08. The molecule has 150 valence electrons. The van der Waals surface area contributed by atoms with Gasteiger partial charge in [0.2, 0.25) is 17.6 Å². The summed E-state index contributed by atoms with van der Waals surface area (Å²) in [6.07, 6.45) is 2.04. The molecular formula is C19H25ClN6O2. The number of rotatable bonds is 6. The van der Waals surface area contributed by atoms with Crippen molar-refractivity contribution in [3.8, 4) is 11.4 Å². The van der Waals surface area contributed by atoms with Crippen LogP contribution in [0, 0.1) is 0 Å². The van der Waals surface area contributed by atoms with E-state index in [2.05, 4.69) is 25.8 Å². The Morgan fingerprint density at radius 1 is 1.39 bits per heavy atom. The minimum absolute atomic E-state index is 0.195. The molecule has 0 spiro atoms. The van der Waals surface area contributed by atoms with Gasteiger partial charge in [-0.3, -0.25) is 9.79 Å². The summed E-state index contributed by atoms with van der Waals surface area (Å²) in [6.45, 7) is 3.99. The number of likely N-dealkylation sites (tertiary alicyclic amines) is 1. The Morgan fingerprint density at radius 2 is 2.18 bits per heavy atom. The van der Waals surface area contributed by atoms with Crippen LogP contribution in [0.5, 0.6) is 0 Å². The average Bonchev–Trinajstić information content (AvgIpc) is 3.37. The van der Waals surface area contributed by atoms with Gasteiger partial charge in [-0.1, -0.05) is 23.7 Å². The van der Waals surface area contributed by atoms with Crippen molar-refractivity contribution in [2.75, 3.05) is 26.7 Å². The van der Waals surface area contributed by atoms with Crippen molar-refractivity contribution < 1.29 is 9.32 Å². The second kappa shape index (κ2) is 9.54. The molecule has 1 amide bonds. The Hall–Kier alpha value is -2.61. The second-order valence-corrected chi connectivity index (χ2v) is 7.03. The molecule has 1 fully saturated rings. The SMILES string of the molecule is CCC(=O)N1CCC(NC(=NC)NCCc2nc(-c3ccc(Cl)cc3)no2)C1. The maximum atomic E-state index is 11.8. The topological polar surface area (TPSA) is 95.7 Å². The van der Waals surface area contributed by atoms with E-state index in [1.54, 1.807) is 19.2 Å². The first-order chi connectivity index (χ1) is 13.6. The highest BCUT2D eigenvalue weighted by Gasteiger charge is 2.25. The van der Waals surface area contributed by atoms with Crippen LogP contribution in [-0.4, -0.2) is 59.6 Å². The zero-order chi connectivity index (χ0) is 19.9. The van der Waals surface area contributed by atoms with E-state index in [9.17, 15) is 4.79 Å². The molecule has 2 N–H and O–H groups in total. The molecule has 3 rings (SSSR count). The predicted molar refractivity (Wildman–Crippen MR) is 108 cm³/mol. The summed E-state index contributed by atoms with van der Waals surface area (Å²) in [7, 11) is 1.73. The first-order valence-electron chi connectivity index (χ1n) is 9.42. The second-order valence-electron chi connectivity index (χ2n) is 6.59. The maximum absolute atomic E-state index is 11.8. The van der Waals surface area contributed by atoms with Gasteiger partial charge in [-0.05, 0) is 30.7 Å². The van der Waals surface area contributed by atoms with Crippen LogP contribution in [0.25, 0.3) is 11.4 Å². The summed E-state index contributed by atoms with van der Waals surface area (Å²) < 4.78 is 5.31. The Kier molecular flexibility index (Phi) is 6.86. The summed E-state index contributed by atoms with van der Waals surface area (Å²) >= 11 is 5.90. The summed E-state index contributed by atoms with van der Waals surface area (Å²) in [6, 6.07) is 7.51. The predicted octanol–water partition coefficient (Wildman–Crippen LogP) is 2.11. The third-order valence-electron chi connectivity index (χ3n) is 4.61. The van der Waals surface area contributed by atoms with Crippen LogP contribution in [-0.2, 0) is 11.2 Å². The molecule has 2 heterocycles. The number of nitrogens with one attached hydrogen (secondary N) is 2. The molecule has 1 unspecified atom stereocenters. The Labute approximate surface area is 169 Å². The molecule has 28 heavy (non-hydrogen) atoms. The van der Waals surface area contributed by atoms with E-state index < -0.39 is 0 Å². The number of aliphatic imine (C=N–C) groups is 1. The fourth-order valence-corrected chi connectivity index (χ4v) is 3.20. The molecular weight excluding hydrogens is 380 g/mol. The average molecular weight is 405 g/mol. The molecule has 1 saturated heterocycles. The molecule has 0 saturated carbocycles. The zero-order valence-electron chi connectivity index (χ0n) is 16.1. The highest BCUT2D eigenvalue weighted by molar-refractivity contribution is 6.30. The van der Waals surface area contributed by atoms with Crippen molar-refractivity contribution in [2.24, 2.45) is 4.99 Å². The number of hydrogen-bond acceptors (Lipinski definition) is 5. The van der Waals surface area contributed by atoms with Crippen LogP contribution in [0.1, 0.15) is 25.7 Å². The number of carbonyl (C=O) groups is 1. The van der Waals surface area contributed by atoms with E-state index in [4.69, 9.17) is 16.1 Å². The molecule has 1 atom stereocenters. The van der Waals surface area contributed by atoms with Crippen molar-refractivity contribution in [1.82, 2.24) is 25.7 Å². The largest absolute Gasteiger partial charge is 0.356 e. The van der Waals surface area contributed by atoms with Gasteiger partial charge in [-0.25, -0.2) is 0 Å². The lowest BCUT2D eigenvalue weighted by Crippen LogP contribution is -2.45. The van der Waals surface area contributed by atoms with Crippen LogP contribution in [0.4, 0.5) is 0 Å². The first kappa shape index (κ1) is 20.1. The van der Waals surface area contributed by atoms with Crippen LogP contribution in [0.15, 0.2) is 33.8 Å². The molecule has 1 aliphatic heterocycles. The highest BCUT2D eigenvalue weighted by atomic mass is 35.5.